The first kappa shape index (κ1) is 19.7. The second kappa shape index (κ2) is 8.14. The predicted molar refractivity (Wildman–Crippen MR) is 122 cm³/mol. The van der Waals surface area contributed by atoms with Gasteiger partial charge in [-0.25, -0.2) is 4.79 Å². The highest BCUT2D eigenvalue weighted by atomic mass is 16.2. The fraction of sp³-hybridized carbons (Fsp3) is 0.625. The van der Waals surface area contributed by atoms with Crippen molar-refractivity contribution >= 4 is 22.6 Å². The Bertz CT molecular complexity index is 898. The number of carbonyl (C=O) groups is 1. The van der Waals surface area contributed by atoms with Crippen LogP contribution in [0.4, 0.5) is 10.5 Å². The van der Waals surface area contributed by atoms with Crippen LogP contribution in [0.15, 0.2) is 24.4 Å². The first-order chi connectivity index (χ1) is 14.6. The van der Waals surface area contributed by atoms with Crippen molar-refractivity contribution in [2.75, 3.05) is 45.2 Å². The zero-order valence-electron chi connectivity index (χ0n) is 18.4. The summed E-state index contributed by atoms with van der Waals surface area (Å²) in [5.41, 5.74) is 4.19. The molecule has 0 bridgehead atoms. The SMILES string of the molecule is CN(C)C(=O)NC1CCC(CCN2CCN3c4cccc5[nH]cc(c45)C[C@H]3C2)CC1. The molecule has 1 saturated carbocycles. The summed E-state index contributed by atoms with van der Waals surface area (Å²) in [5, 5.41) is 4.60. The molecule has 162 valence electrons. The van der Waals surface area contributed by atoms with Crippen LogP contribution in [0.25, 0.3) is 10.9 Å². The fourth-order valence-corrected chi connectivity index (χ4v) is 5.77. The van der Waals surface area contributed by atoms with Crippen LogP contribution in [0, 0.1) is 5.92 Å². The van der Waals surface area contributed by atoms with E-state index in [4.69, 9.17) is 0 Å². The van der Waals surface area contributed by atoms with Gasteiger partial charge < -0.3 is 20.1 Å². The van der Waals surface area contributed by atoms with Gasteiger partial charge >= 0.3 is 6.03 Å². The second-order valence-electron chi connectivity index (χ2n) is 9.72. The molecule has 1 saturated heterocycles. The van der Waals surface area contributed by atoms with E-state index < -0.39 is 0 Å². The number of nitrogens with one attached hydrogen (secondary N) is 2. The third-order valence-corrected chi connectivity index (χ3v) is 7.53. The quantitative estimate of drug-likeness (QED) is 0.813. The number of amides is 2. The lowest BCUT2D eigenvalue weighted by molar-refractivity contribution is 0.184. The van der Waals surface area contributed by atoms with Crippen molar-refractivity contribution in [1.29, 1.82) is 0 Å². The molecular formula is C24H35N5O. The standard InChI is InChI=1S/C24H35N5O/c1-27(2)24(30)26-19-8-6-17(7-9-19)10-11-28-12-13-29-20(16-28)14-18-15-25-21-4-3-5-22(29)23(18)21/h3-5,15,17,19-20,25H,6-14,16H2,1-2H3,(H,26,30)/t17?,19?,20-/m0/s1. The number of hydrogen-bond acceptors (Lipinski definition) is 3. The maximum atomic E-state index is 11.9. The number of benzene rings is 1. The molecule has 2 amide bonds. The Balaban J connectivity index is 1.11. The number of piperazine rings is 1. The van der Waals surface area contributed by atoms with Crippen LogP contribution < -0.4 is 10.2 Å². The Kier molecular flexibility index (Phi) is 5.35. The molecule has 1 atom stereocenters. The predicted octanol–water partition coefficient (Wildman–Crippen LogP) is 3.43. The molecule has 1 aromatic carbocycles. The van der Waals surface area contributed by atoms with Crippen molar-refractivity contribution in [1.82, 2.24) is 20.1 Å². The van der Waals surface area contributed by atoms with Crippen molar-refractivity contribution in [3.63, 3.8) is 0 Å². The number of rotatable bonds is 4. The normalized spacial score (nSPS) is 26.5. The summed E-state index contributed by atoms with van der Waals surface area (Å²) in [5.74, 6) is 0.812. The van der Waals surface area contributed by atoms with E-state index in [9.17, 15) is 4.79 Å². The van der Waals surface area contributed by atoms with E-state index in [2.05, 4.69) is 44.5 Å². The van der Waals surface area contributed by atoms with Gasteiger partial charge in [-0.05, 0) is 68.7 Å². The summed E-state index contributed by atoms with van der Waals surface area (Å²) < 4.78 is 0. The molecule has 1 aromatic heterocycles. The average Bonchev–Trinajstić information content (AvgIpc) is 3.17. The molecule has 0 radical (unpaired) electrons. The Morgan fingerprint density at radius 1 is 1.20 bits per heavy atom. The molecule has 2 aromatic rings. The molecule has 2 N–H and O–H groups in total. The van der Waals surface area contributed by atoms with Gasteiger partial charge in [0.25, 0.3) is 0 Å². The molecule has 2 fully saturated rings. The number of urea groups is 1. The first-order valence-electron chi connectivity index (χ1n) is 11.6. The molecule has 0 spiro atoms. The van der Waals surface area contributed by atoms with Gasteiger partial charge in [-0.3, -0.25) is 4.90 Å². The summed E-state index contributed by atoms with van der Waals surface area (Å²) in [7, 11) is 3.62. The topological polar surface area (TPSA) is 54.6 Å². The van der Waals surface area contributed by atoms with E-state index in [1.54, 1.807) is 4.90 Å². The molecule has 2 aliphatic heterocycles. The van der Waals surface area contributed by atoms with Gasteiger partial charge in [0.05, 0.1) is 0 Å². The molecular weight excluding hydrogens is 374 g/mol. The minimum atomic E-state index is 0.0464. The molecule has 3 aliphatic rings. The number of hydrogen-bond donors (Lipinski definition) is 2. The second-order valence-corrected chi connectivity index (χ2v) is 9.72. The van der Waals surface area contributed by atoms with Gasteiger partial charge in [-0.1, -0.05) is 6.07 Å². The van der Waals surface area contributed by atoms with E-state index in [0.717, 1.165) is 31.7 Å². The summed E-state index contributed by atoms with van der Waals surface area (Å²) in [6.45, 7) is 4.70. The van der Waals surface area contributed by atoms with E-state index in [1.165, 1.54) is 61.1 Å². The van der Waals surface area contributed by atoms with Crippen molar-refractivity contribution in [2.45, 2.75) is 50.6 Å². The van der Waals surface area contributed by atoms with Gasteiger partial charge in [-0.15, -0.1) is 0 Å². The van der Waals surface area contributed by atoms with Crippen LogP contribution in [0.3, 0.4) is 0 Å². The maximum absolute atomic E-state index is 11.9. The molecule has 30 heavy (non-hydrogen) atoms. The Morgan fingerprint density at radius 2 is 2.03 bits per heavy atom. The van der Waals surface area contributed by atoms with E-state index in [0.29, 0.717) is 12.1 Å². The van der Waals surface area contributed by atoms with Gasteiger partial charge in [0.1, 0.15) is 0 Å². The van der Waals surface area contributed by atoms with Crippen LogP contribution in [0.1, 0.15) is 37.7 Å². The summed E-state index contributed by atoms with van der Waals surface area (Å²) in [6.07, 6.45) is 9.42. The highest BCUT2D eigenvalue weighted by Crippen LogP contribution is 2.38. The summed E-state index contributed by atoms with van der Waals surface area (Å²) in [6, 6.07) is 7.69. The summed E-state index contributed by atoms with van der Waals surface area (Å²) >= 11 is 0. The zero-order chi connectivity index (χ0) is 20.7. The van der Waals surface area contributed by atoms with Gasteiger partial charge in [0, 0.05) is 68.6 Å². The lowest BCUT2D eigenvalue weighted by Gasteiger charge is -2.45. The number of fused-ring (bicyclic) bond motifs is 2. The lowest BCUT2D eigenvalue weighted by atomic mass is 9.84. The monoisotopic (exact) mass is 409 g/mol. The van der Waals surface area contributed by atoms with Crippen molar-refractivity contribution < 1.29 is 4.79 Å². The van der Waals surface area contributed by atoms with Crippen LogP contribution in [0.2, 0.25) is 0 Å². The third kappa shape index (κ3) is 3.78. The largest absolute Gasteiger partial charge is 0.365 e. The van der Waals surface area contributed by atoms with Crippen LogP contribution in [0.5, 0.6) is 0 Å². The number of aromatic nitrogens is 1. The van der Waals surface area contributed by atoms with Gasteiger partial charge in [-0.2, -0.15) is 0 Å². The molecule has 6 nitrogen and oxygen atoms in total. The minimum Gasteiger partial charge on any atom is -0.365 e. The Labute approximate surface area is 179 Å². The number of nitrogens with zero attached hydrogens (tertiary/aromatic N) is 3. The van der Waals surface area contributed by atoms with Crippen molar-refractivity contribution in [3.8, 4) is 0 Å². The highest BCUT2D eigenvalue weighted by Gasteiger charge is 2.33. The maximum Gasteiger partial charge on any atom is 0.317 e. The van der Waals surface area contributed by atoms with Crippen LogP contribution in [-0.2, 0) is 6.42 Å². The summed E-state index contributed by atoms with van der Waals surface area (Å²) in [4.78, 5) is 22.3. The number of H-pyrrole nitrogens is 1. The Morgan fingerprint density at radius 3 is 2.83 bits per heavy atom. The average molecular weight is 410 g/mol. The van der Waals surface area contributed by atoms with Crippen LogP contribution >= 0.6 is 0 Å². The van der Waals surface area contributed by atoms with E-state index in [1.807, 2.05) is 14.1 Å². The smallest absolute Gasteiger partial charge is 0.317 e. The fourth-order valence-electron chi connectivity index (χ4n) is 5.77. The minimum absolute atomic E-state index is 0.0464. The van der Waals surface area contributed by atoms with Gasteiger partial charge in [0.2, 0.25) is 0 Å². The lowest BCUT2D eigenvalue weighted by Crippen LogP contribution is -2.55. The third-order valence-electron chi connectivity index (χ3n) is 7.53. The van der Waals surface area contributed by atoms with E-state index >= 15 is 0 Å². The van der Waals surface area contributed by atoms with Crippen LogP contribution in [-0.4, -0.2) is 73.2 Å². The van der Waals surface area contributed by atoms with Gasteiger partial charge in [0.15, 0.2) is 0 Å². The molecule has 6 heteroatoms. The number of carbonyl (C=O) groups excluding carboxylic acids is 1. The van der Waals surface area contributed by atoms with Crippen molar-refractivity contribution in [2.24, 2.45) is 5.92 Å². The van der Waals surface area contributed by atoms with E-state index in [-0.39, 0.29) is 6.03 Å². The Hall–Kier alpha value is -2.21. The molecule has 0 unspecified atom stereocenters. The highest BCUT2D eigenvalue weighted by molar-refractivity contribution is 5.96. The first-order valence-corrected chi connectivity index (χ1v) is 11.6. The molecule has 1 aliphatic carbocycles. The number of aromatic amines is 1. The zero-order valence-corrected chi connectivity index (χ0v) is 18.4. The molecule has 5 rings (SSSR count). The van der Waals surface area contributed by atoms with Crippen molar-refractivity contribution in [3.05, 3.63) is 30.0 Å². The molecule has 3 heterocycles. The number of anilines is 1.